The van der Waals surface area contributed by atoms with Gasteiger partial charge < -0.3 is 10.2 Å². The number of benzene rings is 1. The number of aromatic nitrogens is 1. The number of anilines is 1. The molecule has 0 spiro atoms. The van der Waals surface area contributed by atoms with Gasteiger partial charge in [0, 0.05) is 24.8 Å². The Hall–Kier alpha value is -1.58. The largest absolute Gasteiger partial charge is 0.366 e. The summed E-state index contributed by atoms with van der Waals surface area (Å²) in [5.74, 6) is 0. The Morgan fingerprint density at radius 2 is 1.95 bits per heavy atom. The number of pyridine rings is 1. The highest BCUT2D eigenvalue weighted by atomic mass is 35.5. The van der Waals surface area contributed by atoms with Crippen LogP contribution in [0.4, 0.5) is 5.69 Å². The van der Waals surface area contributed by atoms with Gasteiger partial charge in [0.15, 0.2) is 0 Å². The molecule has 4 heteroatoms. The van der Waals surface area contributed by atoms with Crippen molar-refractivity contribution < 1.29 is 0 Å². The predicted octanol–water partition coefficient (Wildman–Crippen LogP) is 3.65. The van der Waals surface area contributed by atoms with E-state index in [0.717, 1.165) is 17.3 Å². The van der Waals surface area contributed by atoms with Crippen LogP contribution >= 0.6 is 11.6 Å². The molecule has 0 aliphatic heterocycles. The molecule has 0 saturated carbocycles. The first-order valence-electron chi connectivity index (χ1n) is 6.69. The smallest absolute Gasteiger partial charge is 0.0600 e. The number of hydrogen-bond acceptors (Lipinski definition) is 3. The van der Waals surface area contributed by atoms with Crippen LogP contribution in [0.5, 0.6) is 0 Å². The summed E-state index contributed by atoms with van der Waals surface area (Å²) in [5.41, 5.74) is 3.62. The van der Waals surface area contributed by atoms with Crippen LogP contribution in [0.1, 0.15) is 24.1 Å². The summed E-state index contributed by atoms with van der Waals surface area (Å²) in [5, 5.41) is 3.96. The van der Waals surface area contributed by atoms with Gasteiger partial charge in [-0.3, -0.25) is 4.98 Å². The minimum absolute atomic E-state index is 0.257. The summed E-state index contributed by atoms with van der Waals surface area (Å²) in [6.45, 7) is 3.01. The zero-order chi connectivity index (χ0) is 14.5. The van der Waals surface area contributed by atoms with E-state index in [-0.39, 0.29) is 6.04 Å². The van der Waals surface area contributed by atoms with Gasteiger partial charge in [-0.05, 0) is 43.3 Å². The summed E-state index contributed by atoms with van der Waals surface area (Å²) in [6, 6.07) is 10.3. The maximum Gasteiger partial charge on any atom is 0.0600 e. The molecule has 2 aromatic rings. The second-order valence-corrected chi connectivity index (χ2v) is 5.31. The van der Waals surface area contributed by atoms with Crippen molar-refractivity contribution in [1.82, 2.24) is 10.3 Å². The van der Waals surface area contributed by atoms with Crippen molar-refractivity contribution in [2.24, 2.45) is 0 Å². The first kappa shape index (κ1) is 14.8. The molecule has 1 atom stereocenters. The summed E-state index contributed by atoms with van der Waals surface area (Å²) in [7, 11) is 4.04. The van der Waals surface area contributed by atoms with E-state index in [1.54, 1.807) is 0 Å². The molecular formula is C16H20ClN3. The molecule has 1 N–H and O–H groups in total. The maximum absolute atomic E-state index is 5.95. The molecule has 1 unspecified atom stereocenters. The summed E-state index contributed by atoms with van der Waals surface area (Å²) >= 11 is 5.95. The second kappa shape index (κ2) is 6.73. The van der Waals surface area contributed by atoms with Crippen LogP contribution in [0.3, 0.4) is 0 Å². The van der Waals surface area contributed by atoms with E-state index in [0.29, 0.717) is 0 Å². The molecule has 0 radical (unpaired) electrons. The molecule has 1 aromatic heterocycles. The highest BCUT2D eigenvalue weighted by Crippen LogP contribution is 2.28. The average molecular weight is 290 g/mol. The van der Waals surface area contributed by atoms with Gasteiger partial charge in [-0.2, -0.15) is 0 Å². The molecule has 3 nitrogen and oxygen atoms in total. The zero-order valence-corrected chi connectivity index (χ0v) is 12.9. The maximum atomic E-state index is 5.95. The Morgan fingerprint density at radius 1 is 1.25 bits per heavy atom. The zero-order valence-electron chi connectivity index (χ0n) is 12.1. The van der Waals surface area contributed by atoms with Gasteiger partial charge in [-0.25, -0.2) is 0 Å². The number of nitrogens with one attached hydrogen (secondary N) is 1. The van der Waals surface area contributed by atoms with Crippen LogP contribution in [-0.2, 0) is 6.54 Å². The van der Waals surface area contributed by atoms with Crippen molar-refractivity contribution in [2.45, 2.75) is 19.5 Å². The average Bonchev–Trinajstić information content (AvgIpc) is 2.47. The van der Waals surface area contributed by atoms with Gasteiger partial charge in [0.25, 0.3) is 0 Å². The highest BCUT2D eigenvalue weighted by Gasteiger charge is 2.15. The topological polar surface area (TPSA) is 28.2 Å². The quantitative estimate of drug-likeness (QED) is 0.911. The number of hydrogen-bond donors (Lipinski definition) is 1. The van der Waals surface area contributed by atoms with Crippen LogP contribution in [-0.4, -0.2) is 19.1 Å². The normalized spacial score (nSPS) is 12.2. The Bertz CT molecular complexity index is 554. The van der Waals surface area contributed by atoms with Crippen molar-refractivity contribution in [3.8, 4) is 0 Å². The van der Waals surface area contributed by atoms with Crippen molar-refractivity contribution in [3.05, 3.63) is 58.9 Å². The number of rotatable bonds is 5. The third kappa shape index (κ3) is 3.30. The van der Waals surface area contributed by atoms with Crippen molar-refractivity contribution in [2.75, 3.05) is 19.0 Å². The SMILES string of the molecule is CNCc1ccncc1N(C)C(C)c1ccc(Cl)cc1. The first-order chi connectivity index (χ1) is 9.63. The van der Waals surface area contributed by atoms with Gasteiger partial charge in [0.2, 0.25) is 0 Å². The van der Waals surface area contributed by atoms with Gasteiger partial charge in [-0.1, -0.05) is 23.7 Å². The fourth-order valence-corrected chi connectivity index (χ4v) is 2.37. The minimum Gasteiger partial charge on any atom is -0.366 e. The van der Waals surface area contributed by atoms with E-state index in [4.69, 9.17) is 11.6 Å². The van der Waals surface area contributed by atoms with Crippen LogP contribution < -0.4 is 10.2 Å². The third-order valence-corrected chi connectivity index (χ3v) is 3.82. The van der Waals surface area contributed by atoms with Crippen molar-refractivity contribution in [3.63, 3.8) is 0 Å². The second-order valence-electron chi connectivity index (χ2n) is 4.87. The van der Waals surface area contributed by atoms with Gasteiger partial charge in [-0.15, -0.1) is 0 Å². The molecule has 20 heavy (non-hydrogen) atoms. The fraction of sp³-hybridized carbons (Fsp3) is 0.312. The van der Waals surface area contributed by atoms with Crippen molar-refractivity contribution >= 4 is 17.3 Å². The molecule has 0 fully saturated rings. The van der Waals surface area contributed by atoms with Crippen LogP contribution in [0.2, 0.25) is 5.02 Å². The predicted molar refractivity (Wildman–Crippen MR) is 85.3 cm³/mol. The monoisotopic (exact) mass is 289 g/mol. The summed E-state index contributed by atoms with van der Waals surface area (Å²) in [6.07, 6.45) is 3.75. The standard InChI is InChI=1S/C16H20ClN3/c1-12(13-4-6-15(17)7-5-13)20(3)16-11-19-9-8-14(16)10-18-2/h4-9,11-12,18H,10H2,1-3H3. The van der Waals surface area contributed by atoms with E-state index >= 15 is 0 Å². The van der Waals surface area contributed by atoms with Gasteiger partial charge >= 0.3 is 0 Å². The third-order valence-electron chi connectivity index (χ3n) is 3.57. The number of nitrogens with zero attached hydrogens (tertiary/aromatic N) is 2. The lowest BCUT2D eigenvalue weighted by molar-refractivity contribution is 0.724. The molecule has 1 heterocycles. The van der Waals surface area contributed by atoms with Crippen LogP contribution in [0, 0.1) is 0 Å². The molecule has 2 rings (SSSR count). The molecule has 106 valence electrons. The highest BCUT2D eigenvalue weighted by molar-refractivity contribution is 6.30. The van der Waals surface area contributed by atoms with Gasteiger partial charge in [0.1, 0.15) is 0 Å². The molecule has 0 aliphatic carbocycles. The fourth-order valence-electron chi connectivity index (χ4n) is 2.25. The van der Waals surface area contributed by atoms with Gasteiger partial charge in [0.05, 0.1) is 17.9 Å². The molecular weight excluding hydrogens is 270 g/mol. The molecule has 0 amide bonds. The molecule has 0 bridgehead atoms. The number of halogens is 1. The molecule has 0 aliphatic rings. The molecule has 1 aromatic carbocycles. The van der Waals surface area contributed by atoms with E-state index < -0.39 is 0 Å². The minimum atomic E-state index is 0.257. The van der Waals surface area contributed by atoms with E-state index in [9.17, 15) is 0 Å². The Kier molecular flexibility index (Phi) is 4.99. The van der Waals surface area contributed by atoms with E-state index in [1.807, 2.05) is 31.6 Å². The Balaban J connectivity index is 2.26. The Morgan fingerprint density at radius 3 is 2.60 bits per heavy atom. The van der Waals surface area contributed by atoms with Crippen molar-refractivity contribution in [1.29, 1.82) is 0 Å². The molecule has 0 saturated heterocycles. The van der Waals surface area contributed by atoms with E-state index in [1.165, 1.54) is 11.1 Å². The lowest BCUT2D eigenvalue weighted by atomic mass is 10.1. The summed E-state index contributed by atoms with van der Waals surface area (Å²) < 4.78 is 0. The van der Waals surface area contributed by atoms with E-state index in [2.05, 4.69) is 47.4 Å². The summed E-state index contributed by atoms with van der Waals surface area (Å²) in [4.78, 5) is 6.49. The first-order valence-corrected chi connectivity index (χ1v) is 7.07. The van der Waals surface area contributed by atoms with Crippen LogP contribution in [0.25, 0.3) is 0 Å². The lowest BCUT2D eigenvalue weighted by Crippen LogP contribution is -2.24. The lowest BCUT2D eigenvalue weighted by Gasteiger charge is -2.29. The Labute approximate surface area is 125 Å². The van der Waals surface area contributed by atoms with Crippen LogP contribution in [0.15, 0.2) is 42.7 Å².